The number of fused-ring (bicyclic) bond motifs is 1. The van der Waals surface area contributed by atoms with Gasteiger partial charge in [0.1, 0.15) is 17.9 Å². The van der Waals surface area contributed by atoms with Crippen molar-refractivity contribution in [3.05, 3.63) is 89.2 Å². The molecule has 0 radical (unpaired) electrons. The Morgan fingerprint density at radius 1 is 0.969 bits per heavy atom. The number of ether oxygens (including phenoxy) is 1. The van der Waals surface area contributed by atoms with Crippen LogP contribution < -0.4 is 16.2 Å². The van der Waals surface area contributed by atoms with Gasteiger partial charge < -0.3 is 25.7 Å². The fourth-order valence-electron chi connectivity index (χ4n) is 3.73. The molecule has 0 aliphatic carbocycles. The first kappa shape index (κ1) is 23.1. The third kappa shape index (κ3) is 5.17. The van der Waals surface area contributed by atoms with E-state index < -0.39 is 0 Å². The molecule has 0 spiro atoms. The van der Waals surface area contributed by atoms with Crippen molar-refractivity contribution in [2.75, 3.05) is 0 Å². The summed E-state index contributed by atoms with van der Waals surface area (Å²) < 4.78 is 12.0. The van der Waals surface area contributed by atoms with E-state index in [0.717, 1.165) is 51.0 Å². The van der Waals surface area contributed by atoms with Gasteiger partial charge >= 0.3 is 0 Å². The molecule has 0 fully saturated rings. The van der Waals surface area contributed by atoms with Crippen LogP contribution >= 0.6 is 0 Å². The predicted octanol–water partition coefficient (Wildman–Crippen LogP) is 4.86. The highest BCUT2D eigenvalue weighted by Gasteiger charge is 2.12. The van der Waals surface area contributed by atoms with Crippen LogP contribution in [0.5, 0.6) is 5.75 Å². The second-order valence-electron chi connectivity index (χ2n) is 7.24. The zero-order chi connectivity index (χ0) is 22.9. The summed E-state index contributed by atoms with van der Waals surface area (Å²) in [5.41, 5.74) is 19.2. The fraction of sp³-hybridized carbons (Fsp3) is 0.192. The van der Waals surface area contributed by atoms with Crippen LogP contribution in [0.2, 0.25) is 0 Å². The topological polar surface area (TPSA) is 112 Å². The number of hydrogen-bond acceptors (Lipinski definition) is 5. The van der Waals surface area contributed by atoms with Gasteiger partial charge in [-0.1, -0.05) is 43.3 Å². The maximum atomic E-state index is 8.36. The highest BCUT2D eigenvalue weighted by molar-refractivity contribution is 5.93. The number of nitrogens with two attached hydrogens (primary N) is 2. The molecule has 1 heterocycles. The minimum Gasteiger partial charge on any atom is -0.488 e. The molecular weight excluding hydrogens is 404 g/mol. The molecule has 4 rings (SSSR count). The lowest BCUT2D eigenvalue weighted by Crippen LogP contribution is -2.05. The van der Waals surface area contributed by atoms with Crippen molar-refractivity contribution >= 4 is 17.4 Å². The molecule has 0 amide bonds. The fourth-order valence-corrected chi connectivity index (χ4v) is 3.73. The standard InChI is InChI=1S/C25H26N2O2.CH2O2/c1-2-19-6-4-8-22(15-27)24(19)29-16-18-12-21-9-10-28-25(21)23(13-18)20-7-3-5-17(11-20)14-26;2-1-3/h3-13H,2,14-16,26-27H2,1H3;1H,(H,2,3). The molecule has 0 saturated carbocycles. The molecule has 0 saturated heterocycles. The second-order valence-corrected chi connectivity index (χ2v) is 7.24. The number of hydrogen-bond donors (Lipinski definition) is 3. The van der Waals surface area contributed by atoms with Crippen molar-refractivity contribution in [3.8, 4) is 16.9 Å². The largest absolute Gasteiger partial charge is 0.488 e. The summed E-state index contributed by atoms with van der Waals surface area (Å²) >= 11 is 0. The zero-order valence-electron chi connectivity index (χ0n) is 18.1. The number of rotatable bonds is 7. The summed E-state index contributed by atoms with van der Waals surface area (Å²) in [6.07, 6.45) is 2.63. The smallest absolute Gasteiger partial charge is 0.290 e. The van der Waals surface area contributed by atoms with E-state index in [1.54, 1.807) is 6.26 Å². The highest BCUT2D eigenvalue weighted by atomic mass is 16.5. The van der Waals surface area contributed by atoms with Gasteiger partial charge in [0, 0.05) is 29.6 Å². The first-order valence-corrected chi connectivity index (χ1v) is 10.5. The number of para-hydroxylation sites is 1. The first-order valence-electron chi connectivity index (χ1n) is 10.5. The molecule has 166 valence electrons. The van der Waals surface area contributed by atoms with Gasteiger partial charge in [-0.15, -0.1) is 0 Å². The molecule has 0 aliphatic heterocycles. The molecule has 0 aliphatic rings. The van der Waals surface area contributed by atoms with E-state index in [4.69, 9.17) is 30.5 Å². The van der Waals surface area contributed by atoms with Crippen LogP contribution in [0.4, 0.5) is 0 Å². The maximum absolute atomic E-state index is 8.36. The van der Waals surface area contributed by atoms with E-state index in [0.29, 0.717) is 19.7 Å². The van der Waals surface area contributed by atoms with E-state index in [2.05, 4.69) is 37.3 Å². The van der Waals surface area contributed by atoms with Gasteiger partial charge in [0.25, 0.3) is 6.47 Å². The maximum Gasteiger partial charge on any atom is 0.290 e. The normalized spacial score (nSPS) is 10.5. The van der Waals surface area contributed by atoms with Gasteiger partial charge in [0.15, 0.2) is 0 Å². The Morgan fingerprint density at radius 3 is 2.44 bits per heavy atom. The molecular formula is C26H28N2O4. The Bertz CT molecular complexity index is 1160. The summed E-state index contributed by atoms with van der Waals surface area (Å²) in [4.78, 5) is 8.36. The highest BCUT2D eigenvalue weighted by Crippen LogP contribution is 2.33. The molecule has 1 aromatic heterocycles. The van der Waals surface area contributed by atoms with E-state index in [-0.39, 0.29) is 6.47 Å². The van der Waals surface area contributed by atoms with Crippen LogP contribution in [0.15, 0.2) is 71.3 Å². The lowest BCUT2D eigenvalue weighted by atomic mass is 9.99. The number of furan rings is 1. The monoisotopic (exact) mass is 432 g/mol. The van der Waals surface area contributed by atoms with Gasteiger partial charge in [-0.05, 0) is 52.9 Å². The SMILES string of the molecule is CCc1cccc(CN)c1OCc1cc(-c2cccc(CN)c2)c2occc2c1.O=CO. The molecule has 6 heteroatoms. The Kier molecular flexibility index (Phi) is 8.02. The quantitative estimate of drug-likeness (QED) is 0.360. The van der Waals surface area contributed by atoms with E-state index >= 15 is 0 Å². The minimum absolute atomic E-state index is 0.250. The summed E-state index contributed by atoms with van der Waals surface area (Å²) in [7, 11) is 0. The number of aryl methyl sites for hydroxylation is 1. The van der Waals surface area contributed by atoms with Gasteiger partial charge in [-0.3, -0.25) is 4.79 Å². The van der Waals surface area contributed by atoms with Gasteiger partial charge in [0.05, 0.1) is 6.26 Å². The second kappa shape index (κ2) is 11.1. The van der Waals surface area contributed by atoms with E-state index in [1.807, 2.05) is 30.3 Å². The number of carbonyl (C=O) groups is 1. The van der Waals surface area contributed by atoms with Gasteiger partial charge in [-0.2, -0.15) is 0 Å². The van der Waals surface area contributed by atoms with Gasteiger partial charge in [0.2, 0.25) is 0 Å². The molecule has 6 nitrogen and oxygen atoms in total. The average Bonchev–Trinajstić information content (AvgIpc) is 3.31. The van der Waals surface area contributed by atoms with Crippen molar-refractivity contribution < 1.29 is 19.1 Å². The Hall–Kier alpha value is -3.61. The lowest BCUT2D eigenvalue weighted by Gasteiger charge is -2.15. The molecule has 5 N–H and O–H groups in total. The predicted molar refractivity (Wildman–Crippen MR) is 126 cm³/mol. The van der Waals surface area contributed by atoms with Crippen LogP contribution in [0, 0.1) is 0 Å². The summed E-state index contributed by atoms with van der Waals surface area (Å²) in [5, 5.41) is 7.95. The lowest BCUT2D eigenvalue weighted by molar-refractivity contribution is -0.122. The van der Waals surface area contributed by atoms with Crippen LogP contribution in [0.1, 0.15) is 29.2 Å². The van der Waals surface area contributed by atoms with E-state index in [1.165, 1.54) is 5.56 Å². The van der Waals surface area contributed by atoms with Crippen molar-refractivity contribution in [1.82, 2.24) is 0 Å². The van der Waals surface area contributed by atoms with Gasteiger partial charge in [-0.25, -0.2) is 0 Å². The molecule has 4 aromatic rings. The Labute approximate surface area is 187 Å². The average molecular weight is 433 g/mol. The molecule has 3 aromatic carbocycles. The minimum atomic E-state index is -0.250. The Morgan fingerprint density at radius 2 is 1.72 bits per heavy atom. The van der Waals surface area contributed by atoms with Crippen LogP contribution in [0.3, 0.4) is 0 Å². The van der Waals surface area contributed by atoms with Crippen molar-refractivity contribution in [3.63, 3.8) is 0 Å². The van der Waals surface area contributed by atoms with E-state index in [9.17, 15) is 0 Å². The van der Waals surface area contributed by atoms with Crippen LogP contribution in [-0.2, 0) is 30.9 Å². The number of benzene rings is 3. The third-order valence-corrected chi connectivity index (χ3v) is 5.25. The van der Waals surface area contributed by atoms with Crippen molar-refractivity contribution in [2.45, 2.75) is 33.0 Å². The molecule has 32 heavy (non-hydrogen) atoms. The van der Waals surface area contributed by atoms with Crippen LogP contribution in [0.25, 0.3) is 22.1 Å². The third-order valence-electron chi connectivity index (χ3n) is 5.25. The Balaban J connectivity index is 0.000000913. The first-order chi connectivity index (χ1) is 15.6. The summed E-state index contributed by atoms with van der Waals surface area (Å²) in [6.45, 7) is 3.31. The van der Waals surface area contributed by atoms with Crippen LogP contribution in [-0.4, -0.2) is 11.6 Å². The molecule has 0 bridgehead atoms. The zero-order valence-corrected chi connectivity index (χ0v) is 18.1. The van der Waals surface area contributed by atoms with Crippen molar-refractivity contribution in [1.29, 1.82) is 0 Å². The van der Waals surface area contributed by atoms with Crippen molar-refractivity contribution in [2.24, 2.45) is 11.5 Å². The summed E-state index contributed by atoms with van der Waals surface area (Å²) in [6, 6.07) is 20.7. The molecule has 0 unspecified atom stereocenters. The molecule has 0 atom stereocenters. The number of carboxylic acid groups (broad SMARTS) is 1. The summed E-state index contributed by atoms with van der Waals surface area (Å²) in [5.74, 6) is 0.900.